The number of benzene rings is 1. The Bertz CT molecular complexity index is 315. The minimum Gasteiger partial charge on any atom is -0.427 e. The molecule has 0 aromatic heterocycles. The second-order valence-electron chi connectivity index (χ2n) is 3.25. The number of carbonyl (C=O) groups excluding carboxylic acids is 1. The van der Waals surface area contributed by atoms with Crippen LogP contribution >= 0.6 is 0 Å². The Morgan fingerprint density at radius 2 is 2.07 bits per heavy atom. The van der Waals surface area contributed by atoms with Gasteiger partial charge >= 0.3 is 5.97 Å². The van der Waals surface area contributed by atoms with Crippen molar-refractivity contribution in [3.05, 3.63) is 42.5 Å². The van der Waals surface area contributed by atoms with Gasteiger partial charge in [-0.2, -0.15) is 0 Å². The van der Waals surface area contributed by atoms with Crippen molar-refractivity contribution in [1.82, 2.24) is 0 Å². The molecule has 0 radical (unpaired) electrons. The van der Waals surface area contributed by atoms with Crippen molar-refractivity contribution in [3.63, 3.8) is 0 Å². The van der Waals surface area contributed by atoms with Crippen molar-refractivity contribution < 1.29 is 9.53 Å². The van der Waals surface area contributed by atoms with Gasteiger partial charge in [-0.05, 0) is 31.9 Å². The smallest absolute Gasteiger partial charge is 0.311 e. The molecule has 0 amide bonds. The highest BCUT2D eigenvalue weighted by molar-refractivity contribution is 5.72. The highest BCUT2D eigenvalue weighted by Crippen LogP contribution is 2.10. The minimum absolute atomic E-state index is 0.161. The Labute approximate surface area is 90.6 Å². The number of para-hydroxylation sites is 1. The zero-order valence-electron chi connectivity index (χ0n) is 8.98. The first-order valence-electron chi connectivity index (χ1n) is 5.20. The molecule has 15 heavy (non-hydrogen) atoms. The summed E-state index contributed by atoms with van der Waals surface area (Å²) in [5.41, 5.74) is 0. The van der Waals surface area contributed by atoms with Crippen LogP contribution in [0.4, 0.5) is 0 Å². The van der Waals surface area contributed by atoms with Gasteiger partial charge in [-0.25, -0.2) is 0 Å². The van der Waals surface area contributed by atoms with Crippen LogP contribution in [0.2, 0.25) is 0 Å². The first-order chi connectivity index (χ1) is 7.33. The average molecular weight is 204 g/mol. The van der Waals surface area contributed by atoms with E-state index < -0.39 is 0 Å². The van der Waals surface area contributed by atoms with Gasteiger partial charge in [0.15, 0.2) is 0 Å². The van der Waals surface area contributed by atoms with Gasteiger partial charge in [0.25, 0.3) is 0 Å². The summed E-state index contributed by atoms with van der Waals surface area (Å²) in [6.45, 7) is 1.97. The maximum Gasteiger partial charge on any atom is 0.311 e. The van der Waals surface area contributed by atoms with Gasteiger partial charge in [0.1, 0.15) is 5.75 Å². The second-order valence-corrected chi connectivity index (χ2v) is 3.25. The number of esters is 1. The fraction of sp³-hybridized carbons (Fsp3) is 0.308. The Hall–Kier alpha value is -1.57. The maximum atomic E-state index is 11.3. The second kappa shape index (κ2) is 6.82. The Morgan fingerprint density at radius 1 is 1.33 bits per heavy atom. The van der Waals surface area contributed by atoms with Gasteiger partial charge in [0.05, 0.1) is 0 Å². The Morgan fingerprint density at radius 3 is 2.73 bits per heavy atom. The molecule has 1 aromatic rings. The van der Waals surface area contributed by atoms with Crippen LogP contribution in [0.25, 0.3) is 0 Å². The van der Waals surface area contributed by atoms with Gasteiger partial charge in [-0.1, -0.05) is 30.4 Å². The minimum atomic E-state index is -0.161. The van der Waals surface area contributed by atoms with Crippen LogP contribution in [0.5, 0.6) is 5.75 Å². The zero-order chi connectivity index (χ0) is 10.9. The highest BCUT2D eigenvalue weighted by atomic mass is 16.5. The van der Waals surface area contributed by atoms with E-state index in [1.54, 1.807) is 12.1 Å². The molecule has 0 unspecified atom stereocenters. The molecule has 0 spiro atoms. The van der Waals surface area contributed by atoms with Crippen LogP contribution in [-0.2, 0) is 4.79 Å². The number of rotatable bonds is 5. The maximum absolute atomic E-state index is 11.3. The molecule has 0 N–H and O–H groups in total. The molecule has 2 nitrogen and oxygen atoms in total. The van der Waals surface area contributed by atoms with Crippen molar-refractivity contribution in [1.29, 1.82) is 0 Å². The lowest BCUT2D eigenvalue weighted by atomic mass is 10.2. The van der Waals surface area contributed by atoms with Crippen LogP contribution < -0.4 is 4.74 Å². The summed E-state index contributed by atoms with van der Waals surface area (Å²) in [5.74, 6) is 0.458. The van der Waals surface area contributed by atoms with E-state index >= 15 is 0 Å². The summed E-state index contributed by atoms with van der Waals surface area (Å²) in [6, 6.07) is 9.15. The molecule has 1 rings (SSSR count). The molecule has 2 heteroatoms. The standard InChI is InChI=1S/C13H16O2/c1-2-3-4-8-11-13(14)15-12-9-6-5-7-10-12/h2-3,5-7,9-10H,4,8,11H2,1H3/b3-2+. The number of allylic oxidation sites excluding steroid dienone is 2. The van der Waals surface area contributed by atoms with E-state index in [1.807, 2.05) is 31.2 Å². The molecule has 1 aromatic carbocycles. The van der Waals surface area contributed by atoms with Gasteiger partial charge in [0, 0.05) is 6.42 Å². The van der Waals surface area contributed by atoms with Gasteiger partial charge in [0.2, 0.25) is 0 Å². The lowest BCUT2D eigenvalue weighted by Crippen LogP contribution is -2.06. The number of hydrogen-bond acceptors (Lipinski definition) is 2. The lowest BCUT2D eigenvalue weighted by molar-refractivity contribution is -0.134. The Balaban J connectivity index is 2.25. The number of unbranched alkanes of at least 4 members (excludes halogenated alkanes) is 1. The van der Waals surface area contributed by atoms with E-state index in [-0.39, 0.29) is 5.97 Å². The van der Waals surface area contributed by atoms with Crippen LogP contribution in [0.1, 0.15) is 26.2 Å². The summed E-state index contributed by atoms with van der Waals surface area (Å²) in [5, 5.41) is 0. The number of hydrogen-bond donors (Lipinski definition) is 0. The molecule has 80 valence electrons. The first kappa shape index (κ1) is 11.5. The molecule has 0 fully saturated rings. The first-order valence-corrected chi connectivity index (χ1v) is 5.20. The summed E-state index contributed by atoms with van der Waals surface area (Å²) in [7, 11) is 0. The normalized spacial score (nSPS) is 10.5. The zero-order valence-corrected chi connectivity index (χ0v) is 8.98. The van der Waals surface area contributed by atoms with E-state index in [4.69, 9.17) is 4.74 Å². The summed E-state index contributed by atoms with van der Waals surface area (Å²) >= 11 is 0. The van der Waals surface area contributed by atoms with Crippen LogP contribution in [0.3, 0.4) is 0 Å². The van der Waals surface area contributed by atoms with Gasteiger partial charge in [-0.3, -0.25) is 4.79 Å². The predicted octanol–water partition coefficient (Wildman–Crippen LogP) is 3.34. The largest absolute Gasteiger partial charge is 0.427 e. The van der Waals surface area contributed by atoms with Gasteiger partial charge < -0.3 is 4.74 Å². The SMILES string of the molecule is C/C=C/CCCC(=O)Oc1ccccc1. The quantitative estimate of drug-likeness (QED) is 0.318. The van der Waals surface area contributed by atoms with Crippen molar-refractivity contribution in [2.24, 2.45) is 0 Å². The molecule has 0 saturated carbocycles. The van der Waals surface area contributed by atoms with E-state index in [2.05, 4.69) is 6.08 Å². The third-order valence-corrected chi connectivity index (χ3v) is 1.96. The molecule has 0 aliphatic heterocycles. The van der Waals surface area contributed by atoms with Crippen LogP contribution in [-0.4, -0.2) is 5.97 Å². The van der Waals surface area contributed by atoms with Crippen molar-refractivity contribution in [2.45, 2.75) is 26.2 Å². The van der Waals surface area contributed by atoms with Crippen LogP contribution in [0.15, 0.2) is 42.5 Å². The van der Waals surface area contributed by atoms with Crippen molar-refractivity contribution in [2.75, 3.05) is 0 Å². The monoisotopic (exact) mass is 204 g/mol. The van der Waals surface area contributed by atoms with Crippen molar-refractivity contribution in [3.8, 4) is 5.75 Å². The summed E-state index contributed by atoms with van der Waals surface area (Å²) < 4.78 is 5.13. The average Bonchev–Trinajstić information content (AvgIpc) is 2.26. The lowest BCUT2D eigenvalue weighted by Gasteiger charge is -2.02. The van der Waals surface area contributed by atoms with Crippen LogP contribution in [0, 0.1) is 0 Å². The van der Waals surface area contributed by atoms with Gasteiger partial charge in [-0.15, -0.1) is 0 Å². The third kappa shape index (κ3) is 5.01. The molecular weight excluding hydrogens is 188 g/mol. The predicted molar refractivity (Wildman–Crippen MR) is 60.7 cm³/mol. The molecule has 0 heterocycles. The summed E-state index contributed by atoms with van der Waals surface area (Å²) in [4.78, 5) is 11.3. The molecule has 0 bridgehead atoms. The van der Waals surface area contributed by atoms with E-state index in [1.165, 1.54) is 0 Å². The molecule has 0 saturated heterocycles. The third-order valence-electron chi connectivity index (χ3n) is 1.96. The fourth-order valence-electron chi connectivity index (χ4n) is 1.20. The molecular formula is C13H16O2. The van der Waals surface area contributed by atoms with E-state index in [9.17, 15) is 4.79 Å². The topological polar surface area (TPSA) is 26.3 Å². The van der Waals surface area contributed by atoms with E-state index in [0.29, 0.717) is 12.2 Å². The molecule has 0 atom stereocenters. The highest BCUT2D eigenvalue weighted by Gasteiger charge is 2.02. The Kier molecular flexibility index (Phi) is 5.23. The summed E-state index contributed by atoms with van der Waals surface area (Å²) in [6.07, 6.45) is 6.29. The van der Waals surface area contributed by atoms with E-state index in [0.717, 1.165) is 12.8 Å². The number of ether oxygens (including phenoxy) is 1. The molecule has 0 aliphatic rings. The van der Waals surface area contributed by atoms with Crippen molar-refractivity contribution >= 4 is 5.97 Å². The fourth-order valence-corrected chi connectivity index (χ4v) is 1.20. The number of carbonyl (C=O) groups is 1. The molecule has 0 aliphatic carbocycles.